The average molecular weight is 418 g/mol. The Morgan fingerprint density at radius 3 is 2.96 bits per heavy atom. The van der Waals surface area contributed by atoms with E-state index in [-0.39, 0.29) is 17.2 Å². The first kappa shape index (κ1) is 19.3. The van der Waals surface area contributed by atoms with Crippen molar-refractivity contribution in [2.75, 3.05) is 12.8 Å². The zero-order chi connectivity index (χ0) is 19.7. The number of nitrogens with zero attached hydrogens (tertiary/aromatic N) is 3. The quantitative estimate of drug-likeness (QED) is 0.452. The Morgan fingerprint density at radius 2 is 2.21 bits per heavy atom. The smallest absolute Gasteiger partial charge is 0.263 e. The van der Waals surface area contributed by atoms with Crippen LogP contribution in [0.3, 0.4) is 0 Å². The Bertz CT molecular complexity index is 1050. The third-order valence-electron chi connectivity index (χ3n) is 5.08. The maximum absolute atomic E-state index is 13.1. The molecule has 0 aromatic carbocycles. The Kier molecular flexibility index (Phi) is 5.59. The van der Waals surface area contributed by atoms with Crippen LogP contribution >= 0.6 is 23.1 Å². The van der Waals surface area contributed by atoms with Crippen LogP contribution in [0.1, 0.15) is 36.0 Å². The van der Waals surface area contributed by atoms with Gasteiger partial charge in [0.2, 0.25) is 5.91 Å². The molecule has 0 atom stereocenters. The molecule has 0 radical (unpaired) electrons. The normalized spacial score (nSPS) is 13.6. The van der Waals surface area contributed by atoms with Crippen LogP contribution in [0.25, 0.3) is 10.2 Å². The standard InChI is InChI=1S/C20H23N3O3S2/c1-3-23-19(25)17-14-8-4-5-9-15(14)28-18(17)21-20(23)27-12-16(24)22(2)11-13-7-6-10-26-13/h6-7,10H,3-5,8-9,11-12H2,1-2H3. The fourth-order valence-corrected chi connectivity index (χ4v) is 5.88. The average Bonchev–Trinajstić information content (AvgIpc) is 3.33. The third-order valence-corrected chi connectivity index (χ3v) is 7.23. The van der Waals surface area contributed by atoms with Gasteiger partial charge in [0.1, 0.15) is 10.6 Å². The van der Waals surface area contributed by atoms with E-state index < -0.39 is 0 Å². The molecule has 1 aliphatic carbocycles. The molecule has 28 heavy (non-hydrogen) atoms. The Morgan fingerprint density at radius 1 is 1.39 bits per heavy atom. The minimum absolute atomic E-state index is 0.0242. The second-order valence-corrected chi connectivity index (χ2v) is 8.98. The highest BCUT2D eigenvalue weighted by molar-refractivity contribution is 7.99. The van der Waals surface area contributed by atoms with Crippen molar-refractivity contribution < 1.29 is 9.21 Å². The predicted octanol–water partition coefficient (Wildman–Crippen LogP) is 3.70. The summed E-state index contributed by atoms with van der Waals surface area (Å²) in [5.74, 6) is 0.958. The van der Waals surface area contributed by atoms with Crippen LogP contribution in [0.15, 0.2) is 32.8 Å². The number of carbonyl (C=O) groups is 1. The van der Waals surface area contributed by atoms with E-state index in [4.69, 9.17) is 9.40 Å². The van der Waals surface area contributed by atoms with Gasteiger partial charge in [-0.3, -0.25) is 14.2 Å². The molecular formula is C20H23N3O3S2. The number of furan rings is 1. The number of fused-ring (bicyclic) bond motifs is 3. The number of aryl methyl sites for hydroxylation is 2. The van der Waals surface area contributed by atoms with Gasteiger partial charge in [-0.2, -0.15) is 0 Å². The van der Waals surface area contributed by atoms with Crippen LogP contribution in [0, 0.1) is 0 Å². The summed E-state index contributed by atoms with van der Waals surface area (Å²) in [7, 11) is 1.75. The number of aromatic nitrogens is 2. The van der Waals surface area contributed by atoms with Crippen molar-refractivity contribution in [2.24, 2.45) is 0 Å². The van der Waals surface area contributed by atoms with Crippen molar-refractivity contribution in [1.29, 1.82) is 0 Å². The van der Waals surface area contributed by atoms with Gasteiger partial charge < -0.3 is 9.32 Å². The molecule has 1 aliphatic rings. The maximum atomic E-state index is 13.1. The van der Waals surface area contributed by atoms with Crippen LogP contribution in [0.5, 0.6) is 0 Å². The molecule has 8 heteroatoms. The fraction of sp³-hybridized carbons (Fsp3) is 0.450. The molecule has 3 aromatic rings. The topological polar surface area (TPSA) is 68.3 Å². The van der Waals surface area contributed by atoms with Crippen molar-refractivity contribution in [3.05, 3.63) is 45.0 Å². The van der Waals surface area contributed by atoms with Gasteiger partial charge in [-0.25, -0.2) is 4.98 Å². The summed E-state index contributed by atoms with van der Waals surface area (Å²) in [6, 6.07) is 3.65. The van der Waals surface area contributed by atoms with Crippen molar-refractivity contribution in [3.8, 4) is 0 Å². The molecule has 0 aliphatic heterocycles. The maximum Gasteiger partial charge on any atom is 0.263 e. The molecule has 0 bridgehead atoms. The van der Waals surface area contributed by atoms with Crippen molar-refractivity contribution in [1.82, 2.24) is 14.5 Å². The van der Waals surface area contributed by atoms with Gasteiger partial charge in [0, 0.05) is 18.5 Å². The molecule has 0 saturated heterocycles. The van der Waals surface area contributed by atoms with E-state index >= 15 is 0 Å². The number of thioether (sulfide) groups is 1. The molecule has 0 fully saturated rings. The van der Waals surface area contributed by atoms with Gasteiger partial charge in [0.25, 0.3) is 5.56 Å². The van der Waals surface area contributed by atoms with Crippen molar-refractivity contribution in [2.45, 2.75) is 50.9 Å². The molecule has 4 rings (SSSR count). The highest BCUT2D eigenvalue weighted by Gasteiger charge is 2.22. The molecular weight excluding hydrogens is 394 g/mol. The molecule has 0 saturated carbocycles. The molecule has 1 amide bonds. The second kappa shape index (κ2) is 8.13. The first-order valence-electron chi connectivity index (χ1n) is 9.52. The number of hydrogen-bond acceptors (Lipinski definition) is 6. The number of amides is 1. The van der Waals surface area contributed by atoms with Crippen LogP contribution in [-0.2, 0) is 30.7 Å². The lowest BCUT2D eigenvalue weighted by Crippen LogP contribution is -2.28. The predicted molar refractivity (Wildman–Crippen MR) is 112 cm³/mol. The van der Waals surface area contributed by atoms with Gasteiger partial charge >= 0.3 is 0 Å². The lowest BCUT2D eigenvalue weighted by molar-refractivity contribution is -0.127. The fourth-order valence-electron chi connectivity index (χ4n) is 3.57. The van der Waals surface area contributed by atoms with Crippen LogP contribution in [0.4, 0.5) is 0 Å². The van der Waals surface area contributed by atoms with E-state index in [2.05, 4.69) is 0 Å². The van der Waals surface area contributed by atoms with E-state index in [1.54, 1.807) is 34.1 Å². The molecule has 0 spiro atoms. The molecule has 0 unspecified atom stereocenters. The molecule has 6 nitrogen and oxygen atoms in total. The van der Waals surface area contributed by atoms with Gasteiger partial charge in [-0.05, 0) is 50.3 Å². The van der Waals surface area contributed by atoms with Crippen LogP contribution < -0.4 is 5.56 Å². The van der Waals surface area contributed by atoms with Gasteiger partial charge in [-0.1, -0.05) is 11.8 Å². The minimum atomic E-state index is -0.0242. The van der Waals surface area contributed by atoms with Crippen molar-refractivity contribution in [3.63, 3.8) is 0 Å². The minimum Gasteiger partial charge on any atom is -0.467 e. The van der Waals surface area contributed by atoms with Gasteiger partial charge in [-0.15, -0.1) is 11.3 Å². The van der Waals surface area contributed by atoms with Crippen molar-refractivity contribution >= 4 is 39.2 Å². The number of rotatable bonds is 6. The number of thiophene rings is 1. The summed E-state index contributed by atoms with van der Waals surface area (Å²) in [6.07, 6.45) is 5.93. The zero-order valence-corrected chi connectivity index (χ0v) is 17.7. The largest absolute Gasteiger partial charge is 0.467 e. The molecule has 3 aromatic heterocycles. The first-order valence-corrected chi connectivity index (χ1v) is 11.3. The monoisotopic (exact) mass is 417 g/mol. The zero-order valence-electron chi connectivity index (χ0n) is 16.1. The number of carbonyl (C=O) groups excluding carboxylic acids is 1. The summed E-state index contributed by atoms with van der Waals surface area (Å²) < 4.78 is 7.00. The SMILES string of the molecule is CCn1c(SCC(=O)N(C)Cc2ccco2)nc2sc3c(c2c1=O)CCCC3. The summed E-state index contributed by atoms with van der Waals surface area (Å²) in [6.45, 7) is 2.92. The number of hydrogen-bond donors (Lipinski definition) is 0. The van der Waals surface area contributed by atoms with E-state index in [0.29, 0.717) is 18.2 Å². The Balaban J connectivity index is 1.56. The molecule has 148 valence electrons. The van der Waals surface area contributed by atoms with Gasteiger partial charge in [0.05, 0.1) is 23.9 Å². The summed E-state index contributed by atoms with van der Waals surface area (Å²) in [5, 5.41) is 1.42. The summed E-state index contributed by atoms with van der Waals surface area (Å²) in [4.78, 5) is 34.1. The van der Waals surface area contributed by atoms with Crippen LogP contribution in [-0.4, -0.2) is 33.2 Å². The molecule has 0 N–H and O–H groups in total. The lowest BCUT2D eigenvalue weighted by Gasteiger charge is -2.16. The molecule has 3 heterocycles. The summed E-state index contributed by atoms with van der Waals surface area (Å²) in [5.41, 5.74) is 1.24. The highest BCUT2D eigenvalue weighted by atomic mass is 32.2. The van der Waals surface area contributed by atoms with E-state index in [0.717, 1.165) is 35.2 Å². The Hall–Kier alpha value is -2.06. The first-order chi connectivity index (χ1) is 13.6. The lowest BCUT2D eigenvalue weighted by atomic mass is 9.97. The summed E-state index contributed by atoms with van der Waals surface area (Å²) >= 11 is 2.98. The third kappa shape index (κ3) is 3.63. The Labute approximate surface area is 171 Å². The van der Waals surface area contributed by atoms with Gasteiger partial charge in [0.15, 0.2) is 5.16 Å². The van der Waals surface area contributed by atoms with E-state index in [1.807, 2.05) is 19.1 Å². The van der Waals surface area contributed by atoms with E-state index in [1.165, 1.54) is 28.6 Å². The highest BCUT2D eigenvalue weighted by Crippen LogP contribution is 2.34. The second-order valence-electron chi connectivity index (χ2n) is 6.95. The van der Waals surface area contributed by atoms with E-state index in [9.17, 15) is 9.59 Å². The van der Waals surface area contributed by atoms with Crippen LogP contribution in [0.2, 0.25) is 0 Å².